The first-order valence-corrected chi connectivity index (χ1v) is 10.6. The summed E-state index contributed by atoms with van der Waals surface area (Å²) in [4.78, 5) is 18.3. The van der Waals surface area contributed by atoms with E-state index in [1.807, 2.05) is 35.8 Å². The number of nitrogens with zero attached hydrogens (tertiary/aromatic N) is 2. The maximum atomic E-state index is 12.0. The van der Waals surface area contributed by atoms with Crippen molar-refractivity contribution in [3.63, 3.8) is 0 Å². The van der Waals surface area contributed by atoms with Gasteiger partial charge in [0.2, 0.25) is 5.91 Å². The summed E-state index contributed by atoms with van der Waals surface area (Å²) in [7, 11) is 1.81. The molecule has 2 saturated heterocycles. The van der Waals surface area contributed by atoms with E-state index >= 15 is 0 Å². The monoisotopic (exact) mass is 502 g/mol. The van der Waals surface area contributed by atoms with Crippen LogP contribution in [0.15, 0.2) is 29.3 Å². The molecule has 27 heavy (non-hydrogen) atoms. The highest BCUT2D eigenvalue weighted by atomic mass is 127. The normalized spacial score (nSPS) is 23.1. The van der Waals surface area contributed by atoms with Crippen LogP contribution in [0.4, 0.5) is 5.69 Å². The number of aliphatic imine (C=N–C) groups is 1. The van der Waals surface area contributed by atoms with Gasteiger partial charge in [-0.25, -0.2) is 0 Å². The maximum absolute atomic E-state index is 12.0. The van der Waals surface area contributed by atoms with E-state index in [-0.39, 0.29) is 29.9 Å². The minimum atomic E-state index is 0. The molecular weight excluding hydrogens is 471 g/mol. The van der Waals surface area contributed by atoms with E-state index in [2.05, 4.69) is 34.7 Å². The van der Waals surface area contributed by atoms with Gasteiger partial charge in [0, 0.05) is 43.5 Å². The first-order valence-electron chi connectivity index (χ1n) is 9.57. The summed E-state index contributed by atoms with van der Waals surface area (Å²) in [5.74, 6) is 2.34. The van der Waals surface area contributed by atoms with E-state index < -0.39 is 0 Å². The molecule has 0 bridgehead atoms. The Bertz CT molecular complexity index is 644. The Hall–Kier alpha value is -0.960. The molecule has 2 aliphatic heterocycles. The Balaban J connectivity index is 0.00000261. The Morgan fingerprint density at radius 3 is 2.63 bits per heavy atom. The molecule has 1 amide bonds. The average molecular weight is 502 g/mol. The van der Waals surface area contributed by atoms with Crippen molar-refractivity contribution in [2.45, 2.75) is 50.3 Å². The molecule has 0 aromatic heterocycles. The van der Waals surface area contributed by atoms with Crippen LogP contribution in [0.1, 0.15) is 44.6 Å². The molecule has 5 nitrogen and oxygen atoms in total. The molecule has 2 N–H and O–H groups in total. The number of piperidine rings is 1. The molecule has 3 rings (SSSR count). The molecule has 1 atom stereocenters. The molecule has 2 heterocycles. The number of rotatable bonds is 5. The van der Waals surface area contributed by atoms with Crippen LogP contribution < -0.4 is 15.5 Å². The summed E-state index contributed by atoms with van der Waals surface area (Å²) in [5, 5.41) is 6.84. The largest absolute Gasteiger partial charge is 0.355 e. The van der Waals surface area contributed by atoms with Crippen molar-refractivity contribution in [3.8, 4) is 0 Å². The van der Waals surface area contributed by atoms with Gasteiger partial charge in [0.25, 0.3) is 0 Å². The Morgan fingerprint density at radius 1 is 1.22 bits per heavy atom. The fraction of sp³-hybridized carbons (Fsp3) is 0.600. The standard InChI is InChI=1S/C20H30N4OS.HI/c1-20(11-5-13-26-20)15-23-19(21-2)22-14-16-7-9-17(10-8-16)24-12-4-3-6-18(24)25;/h7-10H,3-6,11-15H2,1-2H3,(H2,21,22,23);1H. The fourth-order valence-electron chi connectivity index (χ4n) is 3.53. The van der Waals surface area contributed by atoms with E-state index in [0.29, 0.717) is 11.2 Å². The summed E-state index contributed by atoms with van der Waals surface area (Å²) < 4.78 is 0.320. The van der Waals surface area contributed by atoms with Gasteiger partial charge in [-0.15, -0.1) is 24.0 Å². The van der Waals surface area contributed by atoms with E-state index in [1.165, 1.54) is 24.2 Å². The smallest absolute Gasteiger partial charge is 0.226 e. The van der Waals surface area contributed by atoms with Gasteiger partial charge in [0.15, 0.2) is 5.96 Å². The lowest BCUT2D eigenvalue weighted by molar-refractivity contribution is -0.119. The zero-order chi connectivity index (χ0) is 18.4. The van der Waals surface area contributed by atoms with Crippen LogP contribution in [0, 0.1) is 0 Å². The molecule has 0 saturated carbocycles. The average Bonchev–Trinajstić information content (AvgIpc) is 3.10. The lowest BCUT2D eigenvalue weighted by Gasteiger charge is -2.27. The summed E-state index contributed by atoms with van der Waals surface area (Å²) in [6, 6.07) is 8.27. The molecule has 1 aromatic carbocycles. The highest BCUT2D eigenvalue weighted by Gasteiger charge is 2.29. The highest BCUT2D eigenvalue weighted by Crippen LogP contribution is 2.36. The van der Waals surface area contributed by atoms with Gasteiger partial charge in [0.05, 0.1) is 0 Å². The second-order valence-electron chi connectivity index (χ2n) is 7.35. The molecule has 0 spiro atoms. The van der Waals surface area contributed by atoms with Gasteiger partial charge in [-0.3, -0.25) is 9.79 Å². The second kappa shape index (κ2) is 10.5. The van der Waals surface area contributed by atoms with Gasteiger partial charge >= 0.3 is 0 Å². The van der Waals surface area contributed by atoms with Crippen LogP contribution in [0.3, 0.4) is 0 Å². The molecule has 7 heteroatoms. The number of carbonyl (C=O) groups is 1. The molecule has 0 aliphatic carbocycles. The molecule has 0 radical (unpaired) electrons. The van der Waals surface area contributed by atoms with Crippen LogP contribution in [-0.2, 0) is 11.3 Å². The quantitative estimate of drug-likeness (QED) is 0.366. The maximum Gasteiger partial charge on any atom is 0.226 e. The zero-order valence-electron chi connectivity index (χ0n) is 16.3. The van der Waals surface area contributed by atoms with Crippen molar-refractivity contribution in [3.05, 3.63) is 29.8 Å². The predicted octanol–water partition coefficient (Wildman–Crippen LogP) is 3.77. The number of amides is 1. The van der Waals surface area contributed by atoms with Crippen molar-refractivity contribution in [2.75, 3.05) is 30.8 Å². The van der Waals surface area contributed by atoms with Crippen molar-refractivity contribution >= 4 is 53.3 Å². The molecule has 150 valence electrons. The number of thioether (sulfide) groups is 1. The third-order valence-corrected chi connectivity index (χ3v) is 6.72. The van der Waals surface area contributed by atoms with Gasteiger partial charge in [-0.1, -0.05) is 12.1 Å². The summed E-state index contributed by atoms with van der Waals surface area (Å²) in [6.07, 6.45) is 5.34. The Morgan fingerprint density at radius 2 is 2.00 bits per heavy atom. The first kappa shape index (κ1) is 22.3. The van der Waals surface area contributed by atoms with Crippen molar-refractivity contribution in [1.29, 1.82) is 0 Å². The van der Waals surface area contributed by atoms with Crippen LogP contribution in [0.25, 0.3) is 0 Å². The number of hydrogen-bond donors (Lipinski definition) is 2. The van der Waals surface area contributed by atoms with E-state index in [0.717, 1.165) is 44.1 Å². The SMILES string of the molecule is CN=C(NCc1ccc(N2CCCCC2=O)cc1)NCC1(C)CCCS1.I. The zero-order valence-corrected chi connectivity index (χ0v) is 19.4. The predicted molar refractivity (Wildman–Crippen MR) is 126 cm³/mol. The molecular formula is C20H31IN4OS. The van der Waals surface area contributed by atoms with Gasteiger partial charge in [-0.05, 0) is 56.1 Å². The van der Waals surface area contributed by atoms with Crippen molar-refractivity contribution < 1.29 is 4.79 Å². The number of carbonyl (C=O) groups excluding carboxylic acids is 1. The van der Waals surface area contributed by atoms with Crippen LogP contribution in [0.5, 0.6) is 0 Å². The Kier molecular flexibility index (Phi) is 8.72. The number of benzene rings is 1. The van der Waals surface area contributed by atoms with E-state index in [4.69, 9.17) is 0 Å². The number of nitrogens with one attached hydrogen (secondary N) is 2. The summed E-state index contributed by atoms with van der Waals surface area (Å²) in [5.41, 5.74) is 2.19. The second-order valence-corrected chi connectivity index (χ2v) is 9.03. The molecule has 1 unspecified atom stereocenters. The summed E-state index contributed by atoms with van der Waals surface area (Å²) in [6.45, 7) is 4.82. The third kappa shape index (κ3) is 6.27. The number of halogens is 1. The fourth-order valence-corrected chi connectivity index (χ4v) is 4.77. The van der Waals surface area contributed by atoms with Crippen LogP contribution >= 0.6 is 35.7 Å². The van der Waals surface area contributed by atoms with Gasteiger partial charge < -0.3 is 15.5 Å². The lowest BCUT2D eigenvalue weighted by atomic mass is 10.1. The topological polar surface area (TPSA) is 56.7 Å². The number of anilines is 1. The Labute approximate surface area is 184 Å². The van der Waals surface area contributed by atoms with Crippen molar-refractivity contribution in [1.82, 2.24) is 10.6 Å². The minimum absolute atomic E-state index is 0. The summed E-state index contributed by atoms with van der Waals surface area (Å²) >= 11 is 2.05. The van der Waals surface area contributed by atoms with Crippen LogP contribution in [-0.4, -0.2) is 42.5 Å². The van der Waals surface area contributed by atoms with E-state index in [1.54, 1.807) is 0 Å². The lowest BCUT2D eigenvalue weighted by Crippen LogP contribution is -2.43. The first-order chi connectivity index (χ1) is 12.6. The minimum Gasteiger partial charge on any atom is -0.355 e. The van der Waals surface area contributed by atoms with E-state index in [9.17, 15) is 4.79 Å². The molecule has 2 fully saturated rings. The van der Waals surface area contributed by atoms with Gasteiger partial charge in [-0.2, -0.15) is 11.8 Å². The van der Waals surface area contributed by atoms with Crippen LogP contribution in [0.2, 0.25) is 0 Å². The van der Waals surface area contributed by atoms with Gasteiger partial charge in [0.1, 0.15) is 0 Å². The number of hydrogen-bond acceptors (Lipinski definition) is 3. The molecule has 1 aromatic rings. The highest BCUT2D eigenvalue weighted by molar-refractivity contribution is 14.0. The number of guanidine groups is 1. The van der Waals surface area contributed by atoms with Crippen molar-refractivity contribution in [2.24, 2.45) is 4.99 Å². The molecule has 2 aliphatic rings. The third-order valence-electron chi connectivity index (χ3n) is 5.19.